The van der Waals surface area contributed by atoms with Gasteiger partial charge in [-0.3, -0.25) is 4.79 Å². The summed E-state index contributed by atoms with van der Waals surface area (Å²) in [5, 5.41) is 2.65. The number of carbonyl (C=O) groups excluding carboxylic acids is 2. The van der Waals surface area contributed by atoms with E-state index in [0.717, 1.165) is 44.3 Å². The van der Waals surface area contributed by atoms with E-state index in [-0.39, 0.29) is 12.1 Å². The third kappa shape index (κ3) is 16.1. The van der Waals surface area contributed by atoms with Crippen LogP contribution in [0.25, 0.3) is 0 Å². The largest absolute Gasteiger partial charge is 0.492 e. The molecule has 0 heterocycles. The van der Waals surface area contributed by atoms with Crippen LogP contribution in [0.2, 0.25) is 0 Å². The predicted molar refractivity (Wildman–Crippen MR) is 163 cm³/mol. The first-order chi connectivity index (χ1) is 19.6. The molecule has 1 aliphatic carbocycles. The molecule has 1 fully saturated rings. The second-order valence-corrected chi connectivity index (χ2v) is 11.4. The first-order valence-corrected chi connectivity index (χ1v) is 16.4. The lowest BCUT2D eigenvalue weighted by molar-refractivity contribution is -0.153. The summed E-state index contributed by atoms with van der Waals surface area (Å²) < 4.78 is 16.5. The Morgan fingerprint density at radius 1 is 0.800 bits per heavy atom. The first-order valence-electron chi connectivity index (χ1n) is 16.4. The van der Waals surface area contributed by atoms with Gasteiger partial charge >= 0.3 is 12.1 Å². The van der Waals surface area contributed by atoms with Crippen molar-refractivity contribution in [2.24, 2.45) is 5.92 Å². The quantitative estimate of drug-likeness (QED) is 0.113. The van der Waals surface area contributed by atoms with Crippen LogP contribution in [0, 0.1) is 5.92 Å². The van der Waals surface area contributed by atoms with Crippen molar-refractivity contribution in [3.05, 3.63) is 29.8 Å². The summed E-state index contributed by atoms with van der Waals surface area (Å²) in [6.45, 7) is 5.19. The minimum absolute atomic E-state index is 0.0138. The summed E-state index contributed by atoms with van der Waals surface area (Å²) in [6, 6.07) is 8.13. The molecule has 1 aromatic carbocycles. The molecule has 1 N–H and O–H groups in total. The molecule has 2 rings (SSSR count). The summed E-state index contributed by atoms with van der Waals surface area (Å²) in [6.07, 6.45) is 22.5. The average molecular weight is 560 g/mol. The molecule has 0 aliphatic heterocycles. The Bertz CT molecular complexity index is 781. The standard InChI is InChI=1S/C34H57NO5/c1-3-5-6-7-8-9-10-11-12-13-14-15-16-21-33(36)40-32-20-18-17-19-30(32)28-29-22-24-31(25-23-29)39-27-26-35-34(37)38-4-2/h22-25,30,32H,3-21,26-28H2,1-2H3,(H,35,37)/t30-,32-/m0/s1. The predicted octanol–water partition coefficient (Wildman–Crippen LogP) is 8.94. The van der Waals surface area contributed by atoms with Crippen LogP contribution >= 0.6 is 0 Å². The average Bonchev–Trinajstić information content (AvgIpc) is 2.95. The minimum atomic E-state index is -0.423. The SMILES string of the molecule is CCCCCCCCCCCCCCCC(=O)O[C@H]1CCCC[C@H]1Cc1ccc(OCCNC(=O)OCC)cc1. The number of hydrogen-bond acceptors (Lipinski definition) is 5. The number of alkyl carbamates (subject to hydrolysis) is 1. The molecule has 40 heavy (non-hydrogen) atoms. The van der Waals surface area contributed by atoms with Crippen molar-refractivity contribution < 1.29 is 23.8 Å². The highest BCUT2D eigenvalue weighted by Crippen LogP contribution is 2.30. The maximum absolute atomic E-state index is 12.6. The topological polar surface area (TPSA) is 73.9 Å². The monoisotopic (exact) mass is 559 g/mol. The van der Waals surface area contributed by atoms with E-state index >= 15 is 0 Å². The van der Waals surface area contributed by atoms with Gasteiger partial charge in [0.05, 0.1) is 13.2 Å². The molecular weight excluding hydrogens is 502 g/mol. The van der Waals surface area contributed by atoms with Crippen LogP contribution in [-0.4, -0.2) is 37.9 Å². The molecule has 1 aliphatic rings. The number of amides is 1. The molecular formula is C34H57NO5. The molecule has 0 aromatic heterocycles. The van der Waals surface area contributed by atoms with Crippen LogP contribution in [0.3, 0.4) is 0 Å². The van der Waals surface area contributed by atoms with E-state index in [0.29, 0.717) is 32.1 Å². The van der Waals surface area contributed by atoms with Gasteiger partial charge in [0.2, 0.25) is 0 Å². The van der Waals surface area contributed by atoms with Crippen molar-refractivity contribution in [3.63, 3.8) is 0 Å². The van der Waals surface area contributed by atoms with Gasteiger partial charge in [-0.15, -0.1) is 0 Å². The van der Waals surface area contributed by atoms with Crippen LogP contribution in [0.1, 0.15) is 135 Å². The summed E-state index contributed by atoms with van der Waals surface area (Å²) in [5.74, 6) is 1.14. The molecule has 1 amide bonds. The van der Waals surface area contributed by atoms with Gasteiger partial charge in [0.1, 0.15) is 18.5 Å². The van der Waals surface area contributed by atoms with Gasteiger partial charge in [0, 0.05) is 6.42 Å². The number of nitrogens with one attached hydrogen (secondary N) is 1. The van der Waals surface area contributed by atoms with E-state index in [9.17, 15) is 9.59 Å². The van der Waals surface area contributed by atoms with Gasteiger partial charge in [-0.2, -0.15) is 0 Å². The van der Waals surface area contributed by atoms with Crippen molar-refractivity contribution in [3.8, 4) is 5.75 Å². The molecule has 0 bridgehead atoms. The Morgan fingerprint density at radius 2 is 1.40 bits per heavy atom. The normalized spacial score (nSPS) is 16.9. The molecule has 0 spiro atoms. The summed E-state index contributed by atoms with van der Waals surface area (Å²) in [5.41, 5.74) is 1.24. The fraction of sp³-hybridized carbons (Fsp3) is 0.765. The van der Waals surface area contributed by atoms with Crippen LogP contribution in [-0.2, 0) is 20.7 Å². The second-order valence-electron chi connectivity index (χ2n) is 11.4. The van der Waals surface area contributed by atoms with Gasteiger partial charge < -0.3 is 19.5 Å². The zero-order valence-electron chi connectivity index (χ0n) is 25.6. The second kappa shape index (κ2) is 22.4. The fourth-order valence-electron chi connectivity index (χ4n) is 5.61. The first kappa shape index (κ1) is 34.0. The van der Waals surface area contributed by atoms with Gasteiger partial charge in [0.15, 0.2) is 0 Å². The third-order valence-electron chi connectivity index (χ3n) is 7.94. The van der Waals surface area contributed by atoms with Gasteiger partial charge in [-0.05, 0) is 62.6 Å². The van der Waals surface area contributed by atoms with E-state index < -0.39 is 6.09 Å². The molecule has 2 atom stereocenters. The Balaban J connectivity index is 1.56. The van der Waals surface area contributed by atoms with Crippen molar-refractivity contribution in [2.75, 3.05) is 19.8 Å². The van der Waals surface area contributed by atoms with Crippen LogP contribution in [0.4, 0.5) is 4.79 Å². The number of esters is 1. The van der Waals surface area contributed by atoms with Crippen molar-refractivity contribution >= 4 is 12.1 Å². The maximum atomic E-state index is 12.6. The number of unbranched alkanes of at least 4 members (excludes halogenated alkanes) is 12. The molecule has 0 saturated heterocycles. The highest BCUT2D eigenvalue weighted by Gasteiger charge is 2.28. The van der Waals surface area contributed by atoms with E-state index in [1.807, 2.05) is 12.1 Å². The van der Waals surface area contributed by atoms with E-state index in [1.165, 1.54) is 82.6 Å². The molecule has 228 valence electrons. The number of rotatable bonds is 22. The number of hydrogen-bond donors (Lipinski definition) is 1. The van der Waals surface area contributed by atoms with E-state index in [2.05, 4.69) is 24.4 Å². The molecule has 0 unspecified atom stereocenters. The third-order valence-corrected chi connectivity index (χ3v) is 7.94. The van der Waals surface area contributed by atoms with Crippen molar-refractivity contribution in [1.82, 2.24) is 5.32 Å². The van der Waals surface area contributed by atoms with Gasteiger partial charge in [0.25, 0.3) is 0 Å². The van der Waals surface area contributed by atoms with Gasteiger partial charge in [-0.1, -0.05) is 103 Å². The number of carbonyl (C=O) groups is 2. The highest BCUT2D eigenvalue weighted by molar-refractivity contribution is 5.69. The zero-order chi connectivity index (χ0) is 28.7. The Kier molecular flexibility index (Phi) is 19.1. The molecule has 1 aromatic rings. The van der Waals surface area contributed by atoms with E-state index in [4.69, 9.17) is 14.2 Å². The number of benzene rings is 1. The van der Waals surface area contributed by atoms with Gasteiger partial charge in [-0.25, -0.2) is 4.79 Å². The molecule has 1 saturated carbocycles. The Morgan fingerprint density at radius 3 is 2.02 bits per heavy atom. The molecule has 6 heteroatoms. The lowest BCUT2D eigenvalue weighted by Gasteiger charge is -2.31. The van der Waals surface area contributed by atoms with E-state index in [1.54, 1.807) is 6.92 Å². The Labute approximate surface area is 244 Å². The zero-order valence-corrected chi connectivity index (χ0v) is 25.6. The lowest BCUT2D eigenvalue weighted by atomic mass is 9.82. The summed E-state index contributed by atoms with van der Waals surface area (Å²) >= 11 is 0. The number of ether oxygens (including phenoxy) is 3. The fourth-order valence-corrected chi connectivity index (χ4v) is 5.61. The maximum Gasteiger partial charge on any atom is 0.407 e. The lowest BCUT2D eigenvalue weighted by Crippen LogP contribution is -2.31. The van der Waals surface area contributed by atoms with Crippen LogP contribution in [0.15, 0.2) is 24.3 Å². The summed E-state index contributed by atoms with van der Waals surface area (Å²) in [4.78, 5) is 23.9. The minimum Gasteiger partial charge on any atom is -0.492 e. The van der Waals surface area contributed by atoms with Crippen molar-refractivity contribution in [1.29, 1.82) is 0 Å². The molecule has 0 radical (unpaired) electrons. The summed E-state index contributed by atoms with van der Waals surface area (Å²) in [7, 11) is 0. The Hall–Kier alpha value is -2.24. The van der Waals surface area contributed by atoms with Crippen molar-refractivity contribution in [2.45, 2.75) is 142 Å². The van der Waals surface area contributed by atoms with Crippen LogP contribution in [0.5, 0.6) is 5.75 Å². The highest BCUT2D eigenvalue weighted by atomic mass is 16.5. The molecule has 6 nitrogen and oxygen atoms in total. The van der Waals surface area contributed by atoms with Crippen LogP contribution < -0.4 is 10.1 Å². The smallest absolute Gasteiger partial charge is 0.407 e.